The molecule has 1 atom stereocenters. The molecule has 3 rings (SSSR count). The van der Waals surface area contributed by atoms with Crippen LogP contribution in [-0.4, -0.2) is 15.5 Å². The summed E-state index contributed by atoms with van der Waals surface area (Å²) in [4.78, 5) is 16.5. The molecule has 0 radical (unpaired) electrons. The number of imidazole rings is 1. The van der Waals surface area contributed by atoms with Gasteiger partial charge >= 0.3 is 0 Å². The van der Waals surface area contributed by atoms with Gasteiger partial charge in [0, 0.05) is 23.0 Å². The predicted octanol–water partition coefficient (Wildman–Crippen LogP) is 3.51. The number of carbonyl (C=O) groups excluding carboxylic acids is 1. The van der Waals surface area contributed by atoms with Gasteiger partial charge in [-0.25, -0.2) is 4.98 Å². The lowest BCUT2D eigenvalue weighted by Gasteiger charge is -2.20. The van der Waals surface area contributed by atoms with E-state index in [-0.39, 0.29) is 12.1 Å². The fraction of sp³-hybridized carbons (Fsp3) is 0.0588. The summed E-state index contributed by atoms with van der Waals surface area (Å²) in [6.07, 6.45) is 4.82. The Morgan fingerprint density at radius 3 is 2.45 bits per heavy atom. The van der Waals surface area contributed by atoms with E-state index in [2.05, 4.69) is 10.3 Å². The molecule has 0 aliphatic carbocycles. The van der Waals surface area contributed by atoms with E-state index in [1.807, 2.05) is 41.1 Å². The largest absolute Gasteiger partial charge is 0.328 e. The van der Waals surface area contributed by atoms with Crippen LogP contribution >= 0.6 is 11.6 Å². The number of rotatable bonds is 4. The molecule has 1 amide bonds. The predicted molar refractivity (Wildman–Crippen MR) is 85.7 cm³/mol. The summed E-state index contributed by atoms with van der Waals surface area (Å²) in [5.74, 6) is -0.144. The molecule has 0 aliphatic rings. The molecule has 4 nitrogen and oxygen atoms in total. The van der Waals surface area contributed by atoms with Crippen molar-refractivity contribution in [2.75, 3.05) is 0 Å². The van der Waals surface area contributed by atoms with E-state index in [0.29, 0.717) is 10.6 Å². The minimum atomic E-state index is -0.340. The molecule has 2 aromatic carbocycles. The average molecular weight is 312 g/mol. The van der Waals surface area contributed by atoms with Gasteiger partial charge in [0.1, 0.15) is 6.17 Å². The zero-order valence-electron chi connectivity index (χ0n) is 11.7. The monoisotopic (exact) mass is 311 g/mol. The second-order valence-electron chi connectivity index (χ2n) is 4.80. The molecule has 1 N–H and O–H groups in total. The number of amides is 1. The minimum absolute atomic E-state index is 0.144. The third-order valence-corrected chi connectivity index (χ3v) is 3.56. The van der Waals surface area contributed by atoms with E-state index in [1.54, 1.807) is 36.8 Å². The molecule has 0 bridgehead atoms. The normalized spacial score (nSPS) is 11.9. The Morgan fingerprint density at radius 2 is 1.82 bits per heavy atom. The summed E-state index contributed by atoms with van der Waals surface area (Å²) in [6.45, 7) is 0. The van der Waals surface area contributed by atoms with Gasteiger partial charge < -0.3 is 9.88 Å². The number of aromatic nitrogens is 2. The maximum atomic E-state index is 12.4. The van der Waals surface area contributed by atoms with Crippen LogP contribution in [-0.2, 0) is 0 Å². The van der Waals surface area contributed by atoms with Gasteiger partial charge in [-0.3, -0.25) is 4.79 Å². The standard InChI is InChI=1S/C17H14ClN3O/c18-15-8-6-13(7-9-15)16(21-11-10-19-12-21)20-17(22)14-4-2-1-3-5-14/h1-12,16H,(H,20,22). The van der Waals surface area contributed by atoms with Crippen molar-refractivity contribution in [1.29, 1.82) is 0 Å². The van der Waals surface area contributed by atoms with Crippen LogP contribution < -0.4 is 5.32 Å². The van der Waals surface area contributed by atoms with Crippen LogP contribution in [0.5, 0.6) is 0 Å². The lowest BCUT2D eigenvalue weighted by atomic mass is 10.1. The smallest absolute Gasteiger partial charge is 0.253 e. The SMILES string of the molecule is O=C(NC(c1ccc(Cl)cc1)n1ccnc1)c1ccccc1. The number of carbonyl (C=O) groups is 1. The van der Waals surface area contributed by atoms with Crippen molar-refractivity contribution in [1.82, 2.24) is 14.9 Å². The molecule has 1 heterocycles. The van der Waals surface area contributed by atoms with Crippen molar-refractivity contribution < 1.29 is 4.79 Å². The number of nitrogens with one attached hydrogen (secondary N) is 1. The van der Waals surface area contributed by atoms with Crippen LogP contribution in [0.2, 0.25) is 5.02 Å². The molecule has 22 heavy (non-hydrogen) atoms. The summed E-state index contributed by atoms with van der Waals surface area (Å²) in [7, 11) is 0. The molecule has 0 saturated carbocycles. The quantitative estimate of drug-likeness (QED) is 0.801. The molecular formula is C17H14ClN3O. The van der Waals surface area contributed by atoms with Gasteiger partial charge in [-0.2, -0.15) is 0 Å². The van der Waals surface area contributed by atoms with E-state index in [1.165, 1.54) is 0 Å². The highest BCUT2D eigenvalue weighted by Crippen LogP contribution is 2.19. The van der Waals surface area contributed by atoms with Crippen LogP contribution in [0.4, 0.5) is 0 Å². The molecule has 1 unspecified atom stereocenters. The molecule has 5 heteroatoms. The van der Waals surface area contributed by atoms with Gasteiger partial charge in [-0.1, -0.05) is 41.9 Å². The molecule has 110 valence electrons. The first-order valence-corrected chi connectivity index (χ1v) is 7.20. The number of halogens is 1. The second-order valence-corrected chi connectivity index (χ2v) is 5.24. The number of hydrogen-bond donors (Lipinski definition) is 1. The fourth-order valence-corrected chi connectivity index (χ4v) is 2.32. The topological polar surface area (TPSA) is 46.9 Å². The Bertz CT molecular complexity index is 739. The van der Waals surface area contributed by atoms with Crippen LogP contribution in [0.3, 0.4) is 0 Å². The highest BCUT2D eigenvalue weighted by molar-refractivity contribution is 6.30. The van der Waals surface area contributed by atoms with Crippen molar-refractivity contribution in [3.63, 3.8) is 0 Å². The Kier molecular flexibility index (Phi) is 4.21. The van der Waals surface area contributed by atoms with E-state index in [9.17, 15) is 4.79 Å². The van der Waals surface area contributed by atoms with Crippen LogP contribution in [0.25, 0.3) is 0 Å². The first-order valence-electron chi connectivity index (χ1n) is 6.83. The Balaban J connectivity index is 1.90. The zero-order valence-corrected chi connectivity index (χ0v) is 12.4. The molecule has 0 aliphatic heterocycles. The summed E-state index contributed by atoms with van der Waals surface area (Å²) in [5.41, 5.74) is 1.54. The Labute approximate surface area is 133 Å². The first kappa shape index (κ1) is 14.4. The highest BCUT2D eigenvalue weighted by atomic mass is 35.5. The molecule has 0 spiro atoms. The van der Waals surface area contributed by atoms with Crippen molar-refractivity contribution in [2.24, 2.45) is 0 Å². The summed E-state index contributed by atoms with van der Waals surface area (Å²) in [5, 5.41) is 3.67. The van der Waals surface area contributed by atoms with Crippen LogP contribution in [0, 0.1) is 0 Å². The molecule has 1 aromatic heterocycles. The fourth-order valence-electron chi connectivity index (χ4n) is 2.19. The van der Waals surface area contributed by atoms with Crippen molar-refractivity contribution in [3.8, 4) is 0 Å². The Morgan fingerprint density at radius 1 is 1.09 bits per heavy atom. The summed E-state index contributed by atoms with van der Waals surface area (Å²) >= 11 is 5.94. The van der Waals surface area contributed by atoms with E-state index in [0.717, 1.165) is 5.56 Å². The lowest BCUT2D eigenvalue weighted by molar-refractivity contribution is 0.0930. The van der Waals surface area contributed by atoms with Gasteiger partial charge in [0.2, 0.25) is 0 Å². The second kappa shape index (κ2) is 6.45. The molecule has 0 fully saturated rings. The molecule has 0 saturated heterocycles. The van der Waals surface area contributed by atoms with Crippen molar-refractivity contribution in [2.45, 2.75) is 6.17 Å². The minimum Gasteiger partial charge on any atom is -0.328 e. The highest BCUT2D eigenvalue weighted by Gasteiger charge is 2.16. The third kappa shape index (κ3) is 3.18. The van der Waals surface area contributed by atoms with Crippen LogP contribution in [0.1, 0.15) is 22.1 Å². The van der Waals surface area contributed by atoms with Crippen molar-refractivity contribution in [3.05, 3.63) is 89.5 Å². The zero-order chi connectivity index (χ0) is 15.4. The maximum absolute atomic E-state index is 12.4. The van der Waals surface area contributed by atoms with Gasteiger partial charge in [0.15, 0.2) is 0 Å². The van der Waals surface area contributed by atoms with Crippen molar-refractivity contribution >= 4 is 17.5 Å². The van der Waals surface area contributed by atoms with E-state index in [4.69, 9.17) is 11.6 Å². The summed E-state index contributed by atoms with van der Waals surface area (Å²) < 4.78 is 1.84. The van der Waals surface area contributed by atoms with Gasteiger partial charge in [0.25, 0.3) is 5.91 Å². The van der Waals surface area contributed by atoms with Crippen LogP contribution in [0.15, 0.2) is 73.3 Å². The average Bonchev–Trinajstić information content (AvgIpc) is 3.08. The lowest BCUT2D eigenvalue weighted by Crippen LogP contribution is -2.32. The number of benzene rings is 2. The molecular weight excluding hydrogens is 298 g/mol. The number of hydrogen-bond acceptors (Lipinski definition) is 2. The molecule has 3 aromatic rings. The maximum Gasteiger partial charge on any atom is 0.253 e. The summed E-state index contributed by atoms with van der Waals surface area (Å²) in [6, 6.07) is 16.5. The van der Waals surface area contributed by atoms with Gasteiger partial charge in [-0.15, -0.1) is 0 Å². The third-order valence-electron chi connectivity index (χ3n) is 3.31. The van der Waals surface area contributed by atoms with E-state index < -0.39 is 0 Å². The number of nitrogens with zero attached hydrogens (tertiary/aromatic N) is 2. The van der Waals surface area contributed by atoms with E-state index >= 15 is 0 Å². The van der Waals surface area contributed by atoms with Gasteiger partial charge in [-0.05, 0) is 29.8 Å². The van der Waals surface area contributed by atoms with Gasteiger partial charge in [0.05, 0.1) is 6.33 Å². The Hall–Kier alpha value is -2.59. The first-order chi connectivity index (χ1) is 10.7.